The number of aryl methyl sites for hydroxylation is 1. The van der Waals surface area contributed by atoms with Gasteiger partial charge in [-0.3, -0.25) is 9.69 Å². The molecule has 1 amide bonds. The van der Waals surface area contributed by atoms with Gasteiger partial charge in [0.1, 0.15) is 0 Å². The summed E-state index contributed by atoms with van der Waals surface area (Å²) < 4.78 is 36.9. The molecule has 1 saturated heterocycles. The Kier molecular flexibility index (Phi) is 7.85. The fourth-order valence-corrected chi connectivity index (χ4v) is 2.66. The zero-order valence-corrected chi connectivity index (χ0v) is 13.7. The second-order valence-electron chi connectivity index (χ2n) is 5.61. The number of carbonyl (C=O) groups is 1. The second kappa shape index (κ2) is 9.13. The molecule has 7 heteroatoms. The third-order valence-corrected chi connectivity index (χ3v) is 3.83. The third kappa shape index (κ3) is 7.22. The van der Waals surface area contributed by atoms with Gasteiger partial charge in [0.15, 0.2) is 0 Å². The molecule has 23 heavy (non-hydrogen) atoms. The van der Waals surface area contributed by atoms with E-state index in [4.69, 9.17) is 0 Å². The van der Waals surface area contributed by atoms with Crippen molar-refractivity contribution in [3.8, 4) is 0 Å². The van der Waals surface area contributed by atoms with Gasteiger partial charge < -0.3 is 4.90 Å². The molecule has 130 valence electrons. The molecule has 0 atom stereocenters. The van der Waals surface area contributed by atoms with Gasteiger partial charge >= 0.3 is 6.18 Å². The summed E-state index contributed by atoms with van der Waals surface area (Å²) in [5, 5.41) is 0. The summed E-state index contributed by atoms with van der Waals surface area (Å²) in [6, 6.07) is 9.95. The maximum absolute atomic E-state index is 12.3. The van der Waals surface area contributed by atoms with Crippen LogP contribution in [0.5, 0.6) is 0 Å². The fourth-order valence-electron chi connectivity index (χ4n) is 2.66. The van der Waals surface area contributed by atoms with Gasteiger partial charge in [0.2, 0.25) is 5.91 Å². The van der Waals surface area contributed by atoms with Crippen molar-refractivity contribution >= 4 is 18.3 Å². The number of hydrogen-bond acceptors (Lipinski definition) is 2. The van der Waals surface area contributed by atoms with Crippen LogP contribution in [0, 0.1) is 0 Å². The van der Waals surface area contributed by atoms with Gasteiger partial charge in [-0.1, -0.05) is 30.3 Å². The van der Waals surface area contributed by atoms with Crippen LogP contribution in [0.15, 0.2) is 30.3 Å². The van der Waals surface area contributed by atoms with E-state index in [-0.39, 0.29) is 18.3 Å². The number of hydrogen-bond donors (Lipinski definition) is 0. The Labute approximate surface area is 140 Å². The molecule has 0 spiro atoms. The number of halogens is 4. The Morgan fingerprint density at radius 1 is 1.04 bits per heavy atom. The van der Waals surface area contributed by atoms with Gasteiger partial charge in [0, 0.05) is 32.6 Å². The Bertz CT molecular complexity index is 474. The highest BCUT2D eigenvalue weighted by Crippen LogP contribution is 2.17. The van der Waals surface area contributed by atoms with Crippen molar-refractivity contribution in [1.29, 1.82) is 0 Å². The summed E-state index contributed by atoms with van der Waals surface area (Å²) in [5.74, 6) is 0.0441. The van der Waals surface area contributed by atoms with Crippen LogP contribution in [0.3, 0.4) is 0 Å². The lowest BCUT2D eigenvalue weighted by molar-refractivity contribution is -0.151. The van der Waals surface area contributed by atoms with Crippen LogP contribution < -0.4 is 0 Å². The molecule has 0 saturated carbocycles. The van der Waals surface area contributed by atoms with E-state index in [0.717, 1.165) is 12.8 Å². The van der Waals surface area contributed by atoms with E-state index >= 15 is 0 Å². The van der Waals surface area contributed by atoms with Gasteiger partial charge in [-0.05, 0) is 18.4 Å². The average Bonchev–Trinajstić information content (AvgIpc) is 2.47. The minimum Gasteiger partial charge on any atom is -0.340 e. The molecule has 2 rings (SSSR count). The lowest BCUT2D eigenvalue weighted by atomic mass is 10.1. The molecule has 0 unspecified atom stereocenters. The summed E-state index contributed by atoms with van der Waals surface area (Å²) in [4.78, 5) is 15.1. The molecule has 0 aromatic heterocycles. The molecule has 1 aromatic rings. The lowest BCUT2D eigenvalue weighted by Gasteiger charge is -2.35. The van der Waals surface area contributed by atoms with Crippen LogP contribution in [0.2, 0.25) is 0 Å². The van der Waals surface area contributed by atoms with Crippen molar-refractivity contribution < 1.29 is 18.0 Å². The maximum atomic E-state index is 12.3. The summed E-state index contributed by atoms with van der Waals surface area (Å²) in [7, 11) is 0. The zero-order chi connectivity index (χ0) is 16.0. The Balaban J connectivity index is 0.00000264. The van der Waals surface area contributed by atoms with Gasteiger partial charge in [-0.15, -0.1) is 12.4 Å². The summed E-state index contributed by atoms with van der Waals surface area (Å²) in [6.07, 6.45) is -2.09. The number of nitrogens with zero attached hydrogens (tertiary/aromatic N) is 2. The van der Waals surface area contributed by atoms with Crippen LogP contribution in [0.25, 0.3) is 0 Å². The summed E-state index contributed by atoms with van der Waals surface area (Å²) in [5.41, 5.74) is 1.20. The van der Waals surface area contributed by atoms with Crippen molar-refractivity contribution in [2.75, 3.05) is 32.7 Å². The number of benzene rings is 1. The highest BCUT2D eigenvalue weighted by molar-refractivity contribution is 5.85. The molecule has 1 aliphatic heterocycles. The number of amides is 1. The minimum absolute atomic E-state index is 0. The molecular weight excluding hydrogens is 329 g/mol. The van der Waals surface area contributed by atoms with Gasteiger partial charge in [0.05, 0.1) is 6.54 Å². The van der Waals surface area contributed by atoms with E-state index in [2.05, 4.69) is 0 Å². The average molecular weight is 351 g/mol. The number of alkyl halides is 3. The van der Waals surface area contributed by atoms with E-state index in [1.165, 1.54) is 10.5 Å². The number of rotatable bonds is 5. The van der Waals surface area contributed by atoms with Gasteiger partial charge in [0.25, 0.3) is 0 Å². The molecule has 0 bridgehead atoms. The Morgan fingerprint density at radius 2 is 1.65 bits per heavy atom. The van der Waals surface area contributed by atoms with Crippen molar-refractivity contribution in [3.05, 3.63) is 35.9 Å². The van der Waals surface area contributed by atoms with E-state index < -0.39 is 12.7 Å². The first-order valence-electron chi connectivity index (χ1n) is 7.55. The third-order valence-electron chi connectivity index (χ3n) is 3.83. The molecule has 0 N–H and O–H groups in total. The molecule has 3 nitrogen and oxygen atoms in total. The van der Waals surface area contributed by atoms with E-state index in [0.29, 0.717) is 32.6 Å². The van der Waals surface area contributed by atoms with Crippen molar-refractivity contribution in [2.24, 2.45) is 0 Å². The predicted octanol–water partition coefficient (Wildman–Crippen LogP) is 3.14. The maximum Gasteiger partial charge on any atom is 0.401 e. The fraction of sp³-hybridized carbons (Fsp3) is 0.562. The minimum atomic E-state index is -4.16. The molecular formula is C16H22ClF3N2O. The van der Waals surface area contributed by atoms with Crippen molar-refractivity contribution in [2.45, 2.75) is 25.4 Å². The van der Waals surface area contributed by atoms with Crippen LogP contribution in [-0.4, -0.2) is 54.6 Å². The highest BCUT2D eigenvalue weighted by atomic mass is 35.5. The van der Waals surface area contributed by atoms with E-state index in [1.807, 2.05) is 30.3 Å². The van der Waals surface area contributed by atoms with Gasteiger partial charge in [-0.25, -0.2) is 0 Å². The lowest BCUT2D eigenvalue weighted by Crippen LogP contribution is -2.50. The monoisotopic (exact) mass is 350 g/mol. The molecule has 0 radical (unpaired) electrons. The quantitative estimate of drug-likeness (QED) is 0.814. The van der Waals surface area contributed by atoms with Crippen molar-refractivity contribution in [3.63, 3.8) is 0 Å². The van der Waals surface area contributed by atoms with E-state index in [1.54, 1.807) is 4.90 Å². The van der Waals surface area contributed by atoms with Gasteiger partial charge in [-0.2, -0.15) is 13.2 Å². The first kappa shape index (κ1) is 19.8. The topological polar surface area (TPSA) is 23.6 Å². The summed E-state index contributed by atoms with van der Waals surface area (Å²) in [6.45, 7) is 0.484. The Morgan fingerprint density at radius 3 is 2.22 bits per heavy atom. The molecule has 1 aliphatic rings. The standard InChI is InChI=1S/C16H21F3N2O.ClH/c17-16(18,19)13-20-9-11-21(12-10-20)15(22)8-4-7-14-5-2-1-3-6-14;/h1-3,5-6H,4,7-13H2;1H. The van der Waals surface area contributed by atoms with Crippen molar-refractivity contribution in [1.82, 2.24) is 9.80 Å². The Hall–Kier alpha value is -1.27. The summed E-state index contributed by atoms with van der Waals surface area (Å²) >= 11 is 0. The predicted molar refractivity (Wildman–Crippen MR) is 85.7 cm³/mol. The van der Waals surface area contributed by atoms with Crippen LogP contribution in [0.1, 0.15) is 18.4 Å². The van der Waals surface area contributed by atoms with Crippen LogP contribution >= 0.6 is 12.4 Å². The first-order chi connectivity index (χ1) is 10.4. The smallest absolute Gasteiger partial charge is 0.340 e. The zero-order valence-electron chi connectivity index (χ0n) is 12.9. The normalized spacial score (nSPS) is 16.0. The highest BCUT2D eigenvalue weighted by Gasteiger charge is 2.32. The first-order valence-corrected chi connectivity index (χ1v) is 7.55. The van der Waals surface area contributed by atoms with Crippen LogP contribution in [-0.2, 0) is 11.2 Å². The molecule has 1 heterocycles. The molecule has 0 aliphatic carbocycles. The largest absolute Gasteiger partial charge is 0.401 e. The molecule has 1 fully saturated rings. The second-order valence-corrected chi connectivity index (χ2v) is 5.61. The number of piperazine rings is 1. The van der Waals surface area contributed by atoms with E-state index in [9.17, 15) is 18.0 Å². The number of carbonyl (C=O) groups excluding carboxylic acids is 1. The molecule has 1 aromatic carbocycles. The van der Waals surface area contributed by atoms with Crippen LogP contribution in [0.4, 0.5) is 13.2 Å². The SMILES string of the molecule is Cl.O=C(CCCc1ccccc1)N1CCN(CC(F)(F)F)CC1.